The van der Waals surface area contributed by atoms with Gasteiger partial charge in [-0.1, -0.05) is 13.8 Å². The molecule has 2 rings (SSSR count). The van der Waals surface area contributed by atoms with E-state index in [0.29, 0.717) is 0 Å². The molecule has 1 aromatic carbocycles. The van der Waals surface area contributed by atoms with Gasteiger partial charge in [-0.25, -0.2) is 4.79 Å². The molecule has 0 aliphatic carbocycles. The van der Waals surface area contributed by atoms with Crippen molar-refractivity contribution < 1.29 is 33.7 Å². The Morgan fingerprint density at radius 1 is 1.44 bits per heavy atom. The summed E-state index contributed by atoms with van der Waals surface area (Å²) in [4.78, 5) is 39.4. The Morgan fingerprint density at radius 3 is 2.88 bits per heavy atom. The number of fused-ring (bicyclic) bond motifs is 1. The molecule has 0 saturated heterocycles. The zero-order valence-electron chi connectivity index (χ0n) is 13.8. The highest BCUT2D eigenvalue weighted by Crippen LogP contribution is 2.29. The van der Waals surface area contributed by atoms with Gasteiger partial charge < -0.3 is 23.9 Å². The van der Waals surface area contributed by atoms with Gasteiger partial charge in [-0.05, 0) is 18.1 Å². The molecule has 1 aliphatic heterocycles. The lowest BCUT2D eigenvalue weighted by molar-refractivity contribution is -0.757. The third-order valence-corrected chi connectivity index (χ3v) is 3.14. The number of ether oxygens (including phenoxy) is 3. The van der Waals surface area contributed by atoms with Crippen molar-refractivity contribution in [2.45, 2.75) is 13.8 Å². The smallest absolute Gasteiger partial charge is 0.472 e. The van der Waals surface area contributed by atoms with E-state index in [0.717, 1.165) is 0 Å². The number of rotatable bonds is 7. The molecule has 10 heteroatoms. The van der Waals surface area contributed by atoms with Crippen molar-refractivity contribution in [3.8, 4) is 11.5 Å². The molecule has 1 aromatic rings. The first kappa shape index (κ1) is 18.3. The maximum atomic E-state index is 12.3. The highest BCUT2D eigenvalue weighted by atomic mass is 16.9. The number of carbonyl (C=O) groups excluding carboxylic acids is 2. The van der Waals surface area contributed by atoms with Crippen LogP contribution in [0.5, 0.6) is 11.5 Å². The van der Waals surface area contributed by atoms with Crippen LogP contribution >= 0.6 is 0 Å². The van der Waals surface area contributed by atoms with Crippen molar-refractivity contribution in [2.75, 3.05) is 26.5 Å². The fourth-order valence-corrected chi connectivity index (χ4v) is 1.99. The summed E-state index contributed by atoms with van der Waals surface area (Å²) < 4.78 is 15.4. The molecule has 0 aromatic heterocycles. The normalized spacial score (nSPS) is 13.1. The van der Waals surface area contributed by atoms with Crippen molar-refractivity contribution in [2.24, 2.45) is 5.92 Å². The van der Waals surface area contributed by atoms with Crippen molar-refractivity contribution >= 4 is 12.1 Å². The van der Waals surface area contributed by atoms with Crippen LogP contribution in [0.1, 0.15) is 24.2 Å². The van der Waals surface area contributed by atoms with Gasteiger partial charge in [-0.3, -0.25) is 4.79 Å². The van der Waals surface area contributed by atoms with E-state index >= 15 is 0 Å². The van der Waals surface area contributed by atoms with E-state index in [2.05, 4.69) is 4.84 Å². The van der Waals surface area contributed by atoms with Crippen molar-refractivity contribution in [1.82, 2.24) is 4.90 Å². The first-order valence-electron chi connectivity index (χ1n) is 7.55. The summed E-state index contributed by atoms with van der Waals surface area (Å²) in [5, 5.41) is 9.20. The predicted molar refractivity (Wildman–Crippen MR) is 82.7 cm³/mol. The van der Waals surface area contributed by atoms with Crippen LogP contribution < -0.4 is 9.47 Å². The molecule has 0 bridgehead atoms. The molecular weight excluding hydrogens is 336 g/mol. The highest BCUT2D eigenvalue weighted by Gasteiger charge is 2.26. The van der Waals surface area contributed by atoms with Gasteiger partial charge in [0.15, 0.2) is 6.73 Å². The van der Waals surface area contributed by atoms with Gasteiger partial charge in [0.2, 0.25) is 0 Å². The standard InChI is InChI=1S/C15H18N2O8/c1-10(2)8-22-15(19)25-11-3-4-12-13(7-11)23-9-16(14(12)18)5-6-24-17(20)21/h3-4,7,10H,5-6,8-9H2,1-2H3. The fraction of sp³-hybridized carbons (Fsp3) is 0.467. The van der Waals surface area contributed by atoms with E-state index < -0.39 is 11.2 Å². The Bertz CT molecular complexity index is 661. The second-order valence-electron chi connectivity index (χ2n) is 5.61. The van der Waals surface area contributed by atoms with E-state index in [1.54, 1.807) is 0 Å². The van der Waals surface area contributed by atoms with Gasteiger partial charge in [0.1, 0.15) is 18.1 Å². The molecule has 0 unspecified atom stereocenters. The number of hydrogen-bond acceptors (Lipinski definition) is 8. The van der Waals surface area contributed by atoms with Gasteiger partial charge in [0.05, 0.1) is 12.2 Å². The molecule has 10 nitrogen and oxygen atoms in total. The summed E-state index contributed by atoms with van der Waals surface area (Å²) >= 11 is 0. The maximum Gasteiger partial charge on any atom is 0.513 e. The average molecular weight is 354 g/mol. The molecule has 0 radical (unpaired) electrons. The lowest BCUT2D eigenvalue weighted by Crippen LogP contribution is -2.40. The van der Waals surface area contributed by atoms with Gasteiger partial charge in [-0.2, -0.15) is 0 Å². The molecule has 25 heavy (non-hydrogen) atoms. The van der Waals surface area contributed by atoms with Gasteiger partial charge in [-0.15, -0.1) is 10.1 Å². The fourth-order valence-electron chi connectivity index (χ4n) is 1.99. The Kier molecular flexibility index (Phi) is 5.98. The lowest BCUT2D eigenvalue weighted by Gasteiger charge is -2.28. The number of amides is 1. The van der Waals surface area contributed by atoms with E-state index in [9.17, 15) is 19.7 Å². The minimum absolute atomic E-state index is 0.0129. The molecule has 1 heterocycles. The molecule has 0 saturated carbocycles. The van der Waals surface area contributed by atoms with Crippen LogP contribution in [0, 0.1) is 16.0 Å². The number of carbonyl (C=O) groups is 2. The predicted octanol–water partition coefficient (Wildman–Crippen LogP) is 1.86. The van der Waals surface area contributed by atoms with E-state index in [4.69, 9.17) is 14.2 Å². The Labute approximate surface area is 143 Å². The molecule has 0 fully saturated rings. The monoisotopic (exact) mass is 354 g/mol. The molecular formula is C15H18N2O8. The van der Waals surface area contributed by atoms with Gasteiger partial charge >= 0.3 is 6.16 Å². The third kappa shape index (κ3) is 5.23. The van der Waals surface area contributed by atoms with E-state index in [1.165, 1.54) is 23.1 Å². The Morgan fingerprint density at radius 2 is 2.20 bits per heavy atom. The Balaban J connectivity index is 1.96. The second kappa shape index (κ2) is 8.18. The quantitative estimate of drug-likeness (QED) is 0.315. The third-order valence-electron chi connectivity index (χ3n) is 3.14. The summed E-state index contributed by atoms with van der Waals surface area (Å²) in [6.45, 7) is 3.70. The van der Waals surface area contributed by atoms with Gasteiger partial charge in [0, 0.05) is 12.6 Å². The van der Waals surface area contributed by atoms with Gasteiger partial charge in [0.25, 0.3) is 11.0 Å². The Hall–Kier alpha value is -3.04. The van der Waals surface area contributed by atoms with Crippen LogP contribution in [0.4, 0.5) is 4.79 Å². The summed E-state index contributed by atoms with van der Waals surface area (Å²) in [6.07, 6.45) is -0.839. The minimum atomic E-state index is -0.925. The topological polar surface area (TPSA) is 117 Å². The van der Waals surface area contributed by atoms with Crippen molar-refractivity contribution in [3.05, 3.63) is 33.9 Å². The summed E-state index contributed by atoms with van der Waals surface area (Å²) in [6, 6.07) is 4.30. The minimum Gasteiger partial charge on any atom is -0.472 e. The van der Waals surface area contributed by atoms with Crippen LogP contribution in [0.2, 0.25) is 0 Å². The second-order valence-corrected chi connectivity index (χ2v) is 5.61. The van der Waals surface area contributed by atoms with Crippen LogP contribution in [-0.2, 0) is 9.57 Å². The first-order chi connectivity index (χ1) is 11.9. The highest BCUT2D eigenvalue weighted by molar-refractivity contribution is 5.98. The molecule has 0 spiro atoms. The van der Waals surface area contributed by atoms with Crippen LogP contribution in [-0.4, -0.2) is 48.5 Å². The van der Waals surface area contributed by atoms with Crippen molar-refractivity contribution in [3.63, 3.8) is 0 Å². The maximum absolute atomic E-state index is 12.3. The molecule has 136 valence electrons. The largest absolute Gasteiger partial charge is 0.513 e. The zero-order chi connectivity index (χ0) is 18.4. The van der Waals surface area contributed by atoms with E-state index in [-0.39, 0.29) is 55.4 Å². The first-order valence-corrected chi connectivity index (χ1v) is 7.55. The van der Waals surface area contributed by atoms with Crippen LogP contribution in [0.25, 0.3) is 0 Å². The molecule has 0 N–H and O–H groups in total. The molecule has 0 atom stereocenters. The summed E-state index contributed by atoms with van der Waals surface area (Å²) in [7, 11) is 0. The van der Waals surface area contributed by atoms with Crippen LogP contribution in [0.3, 0.4) is 0 Å². The summed E-state index contributed by atoms with van der Waals surface area (Å²) in [5.74, 6) is 0.264. The SMILES string of the molecule is CC(C)COC(=O)Oc1ccc2c(c1)OCN(CCO[N+](=O)[O-])C2=O. The number of hydrogen-bond donors (Lipinski definition) is 0. The number of benzene rings is 1. The molecule has 1 aliphatic rings. The number of nitrogens with zero attached hydrogens (tertiary/aromatic N) is 2. The van der Waals surface area contributed by atoms with E-state index in [1.807, 2.05) is 13.8 Å². The summed E-state index contributed by atoms with van der Waals surface area (Å²) in [5.41, 5.74) is 0.259. The average Bonchev–Trinajstić information content (AvgIpc) is 2.55. The van der Waals surface area contributed by atoms with Crippen molar-refractivity contribution in [1.29, 1.82) is 0 Å². The molecule has 1 amide bonds. The lowest BCUT2D eigenvalue weighted by atomic mass is 10.1. The zero-order valence-corrected chi connectivity index (χ0v) is 13.8. The van der Waals surface area contributed by atoms with Crippen LogP contribution in [0.15, 0.2) is 18.2 Å².